The molecule has 3 aromatic rings. The largest absolute Gasteiger partial charge is 0.497 e. The second-order valence-electron chi connectivity index (χ2n) is 7.86. The summed E-state index contributed by atoms with van der Waals surface area (Å²) in [5.74, 6) is 0.979. The minimum absolute atomic E-state index is 0.208. The Bertz CT molecular complexity index is 1290. The van der Waals surface area contributed by atoms with Crippen LogP contribution in [-0.4, -0.2) is 41.1 Å². The van der Waals surface area contributed by atoms with Crippen molar-refractivity contribution in [3.63, 3.8) is 0 Å². The normalized spacial score (nSPS) is 13.6. The van der Waals surface area contributed by atoms with Gasteiger partial charge in [-0.2, -0.15) is 0 Å². The number of carbonyl (C=O) groups excluding carboxylic acids is 1. The summed E-state index contributed by atoms with van der Waals surface area (Å²) in [7, 11) is -2.28. The van der Waals surface area contributed by atoms with Crippen molar-refractivity contribution >= 4 is 21.6 Å². The number of benzene rings is 3. The number of fused-ring (bicyclic) bond motifs is 3. The molecule has 0 atom stereocenters. The number of hydrogen-bond acceptors (Lipinski definition) is 5. The Labute approximate surface area is 194 Å². The van der Waals surface area contributed by atoms with E-state index in [4.69, 9.17) is 9.47 Å². The lowest BCUT2D eigenvalue weighted by molar-refractivity contribution is -0.119. The molecule has 0 fully saturated rings. The van der Waals surface area contributed by atoms with E-state index in [1.54, 1.807) is 43.5 Å². The van der Waals surface area contributed by atoms with Crippen molar-refractivity contribution in [3.05, 3.63) is 71.8 Å². The Morgan fingerprint density at radius 3 is 2.42 bits per heavy atom. The van der Waals surface area contributed by atoms with Crippen molar-refractivity contribution in [2.75, 3.05) is 31.1 Å². The molecule has 0 aromatic heterocycles. The lowest BCUT2D eigenvalue weighted by Gasteiger charge is -2.33. The van der Waals surface area contributed by atoms with Gasteiger partial charge in [0.05, 0.1) is 24.2 Å². The Morgan fingerprint density at radius 1 is 1.00 bits per heavy atom. The molecule has 1 amide bonds. The number of carbonyl (C=O) groups is 1. The first-order valence-electron chi connectivity index (χ1n) is 10.6. The molecular formula is C25H26N2O5S. The molecule has 0 unspecified atom stereocenters. The van der Waals surface area contributed by atoms with Crippen molar-refractivity contribution < 1.29 is 22.7 Å². The van der Waals surface area contributed by atoms with Crippen LogP contribution in [0.25, 0.3) is 11.1 Å². The van der Waals surface area contributed by atoms with Gasteiger partial charge in [-0.25, -0.2) is 8.42 Å². The topological polar surface area (TPSA) is 84.9 Å². The van der Waals surface area contributed by atoms with E-state index in [1.807, 2.05) is 38.1 Å². The molecule has 1 aliphatic heterocycles. The molecular weight excluding hydrogens is 440 g/mol. The number of aryl methyl sites for hydroxylation is 2. The fourth-order valence-electron chi connectivity index (χ4n) is 4.03. The summed E-state index contributed by atoms with van der Waals surface area (Å²) in [6, 6.07) is 17.9. The highest BCUT2D eigenvalue weighted by atomic mass is 32.2. The molecule has 0 saturated carbocycles. The summed E-state index contributed by atoms with van der Waals surface area (Å²) in [5, 5.41) is 2.75. The van der Waals surface area contributed by atoms with Gasteiger partial charge >= 0.3 is 0 Å². The molecule has 1 heterocycles. The first-order valence-corrected chi connectivity index (χ1v) is 12.0. The predicted octanol–water partition coefficient (Wildman–Crippen LogP) is 3.68. The smallest absolute Gasteiger partial charge is 0.265 e. The van der Waals surface area contributed by atoms with Crippen LogP contribution in [0.5, 0.6) is 11.5 Å². The molecule has 33 heavy (non-hydrogen) atoms. The van der Waals surface area contributed by atoms with Crippen molar-refractivity contribution in [3.8, 4) is 22.6 Å². The average molecular weight is 467 g/mol. The van der Waals surface area contributed by atoms with E-state index in [2.05, 4.69) is 5.32 Å². The molecule has 1 N–H and O–H groups in total. The van der Waals surface area contributed by atoms with Gasteiger partial charge in [0.2, 0.25) is 5.91 Å². The number of nitrogens with one attached hydrogen (secondary N) is 1. The molecule has 0 spiro atoms. The first kappa shape index (κ1) is 22.7. The number of methoxy groups -OCH3 is 1. The van der Waals surface area contributed by atoms with Gasteiger partial charge in [-0.1, -0.05) is 24.3 Å². The lowest BCUT2D eigenvalue weighted by atomic mass is 9.96. The molecule has 0 radical (unpaired) electrons. The highest BCUT2D eigenvalue weighted by molar-refractivity contribution is 7.93. The van der Waals surface area contributed by atoms with Gasteiger partial charge in [0.15, 0.2) is 0 Å². The van der Waals surface area contributed by atoms with E-state index in [-0.39, 0.29) is 24.6 Å². The minimum Gasteiger partial charge on any atom is -0.497 e. The maximum absolute atomic E-state index is 13.4. The summed E-state index contributed by atoms with van der Waals surface area (Å²) in [6.07, 6.45) is 0. The fraction of sp³-hybridized carbons (Fsp3) is 0.240. The van der Waals surface area contributed by atoms with Gasteiger partial charge in [0, 0.05) is 11.1 Å². The summed E-state index contributed by atoms with van der Waals surface area (Å²) in [5.41, 5.74) is 3.91. The third-order valence-corrected chi connectivity index (χ3v) is 7.31. The fourth-order valence-corrected chi connectivity index (χ4v) is 5.65. The van der Waals surface area contributed by atoms with Gasteiger partial charge < -0.3 is 14.8 Å². The average Bonchev–Trinajstić information content (AvgIpc) is 2.79. The summed E-state index contributed by atoms with van der Waals surface area (Å²) in [6.45, 7) is 4.05. The van der Waals surface area contributed by atoms with Crippen LogP contribution in [0.15, 0.2) is 65.6 Å². The number of anilines is 1. The van der Waals surface area contributed by atoms with Crippen LogP contribution in [0.1, 0.15) is 11.1 Å². The van der Waals surface area contributed by atoms with Crippen molar-refractivity contribution in [1.29, 1.82) is 0 Å². The van der Waals surface area contributed by atoms with Crippen molar-refractivity contribution in [1.82, 2.24) is 5.32 Å². The maximum Gasteiger partial charge on any atom is 0.265 e. The maximum atomic E-state index is 13.4. The molecule has 0 aliphatic carbocycles. The number of nitrogens with zero attached hydrogens (tertiary/aromatic N) is 1. The van der Waals surface area contributed by atoms with E-state index in [0.717, 1.165) is 22.4 Å². The van der Waals surface area contributed by atoms with Gasteiger partial charge in [-0.3, -0.25) is 9.10 Å². The molecule has 172 valence electrons. The van der Waals surface area contributed by atoms with Crippen LogP contribution in [0.2, 0.25) is 0 Å². The minimum atomic E-state index is -3.88. The Hall–Kier alpha value is -3.52. The van der Waals surface area contributed by atoms with E-state index in [9.17, 15) is 13.2 Å². The predicted molar refractivity (Wildman–Crippen MR) is 127 cm³/mol. The zero-order chi connectivity index (χ0) is 23.6. The molecule has 1 aliphatic rings. The summed E-state index contributed by atoms with van der Waals surface area (Å²) < 4.78 is 38.7. The second kappa shape index (κ2) is 9.15. The van der Waals surface area contributed by atoms with Crippen LogP contribution in [0.4, 0.5) is 5.69 Å². The standard InChI is InChI=1S/C25H26N2O5S/c1-17-14-18(2)25-21-6-4-5-7-23(21)33(29,30)27(22(25)15-17)16-24(28)26-12-13-32-20-10-8-19(31-3)9-11-20/h4-11,14-15H,12-13,16H2,1-3H3,(H,26,28). The van der Waals surface area contributed by atoms with Crippen LogP contribution in [-0.2, 0) is 14.8 Å². The van der Waals surface area contributed by atoms with Gasteiger partial charge in [0.25, 0.3) is 10.0 Å². The summed E-state index contributed by atoms with van der Waals surface area (Å²) in [4.78, 5) is 12.9. The lowest BCUT2D eigenvalue weighted by Crippen LogP contribution is -2.43. The van der Waals surface area contributed by atoms with E-state index >= 15 is 0 Å². The number of ether oxygens (including phenoxy) is 2. The Kier molecular flexibility index (Phi) is 6.29. The van der Waals surface area contributed by atoms with Crippen molar-refractivity contribution in [2.45, 2.75) is 18.7 Å². The molecule has 7 nitrogen and oxygen atoms in total. The first-order chi connectivity index (χ1) is 15.8. The highest BCUT2D eigenvalue weighted by Crippen LogP contribution is 2.45. The van der Waals surface area contributed by atoms with Crippen LogP contribution in [0, 0.1) is 13.8 Å². The number of amides is 1. The third kappa shape index (κ3) is 4.52. The second-order valence-corrected chi connectivity index (χ2v) is 9.69. The highest BCUT2D eigenvalue weighted by Gasteiger charge is 2.36. The van der Waals surface area contributed by atoms with Gasteiger partial charge in [-0.15, -0.1) is 0 Å². The van der Waals surface area contributed by atoms with Crippen LogP contribution >= 0.6 is 0 Å². The quantitative estimate of drug-likeness (QED) is 0.537. The Balaban J connectivity index is 1.48. The van der Waals surface area contributed by atoms with E-state index in [1.165, 1.54) is 4.31 Å². The number of hydrogen-bond donors (Lipinski definition) is 1. The molecule has 3 aromatic carbocycles. The zero-order valence-electron chi connectivity index (χ0n) is 18.8. The zero-order valence-corrected chi connectivity index (χ0v) is 19.6. The molecule has 0 bridgehead atoms. The molecule has 8 heteroatoms. The monoisotopic (exact) mass is 466 g/mol. The SMILES string of the molecule is COc1ccc(OCCNC(=O)CN2c3cc(C)cc(C)c3-c3ccccc3S2(=O)=O)cc1. The molecule has 0 saturated heterocycles. The number of rotatable bonds is 7. The molecule has 4 rings (SSSR count). The van der Waals surface area contributed by atoms with Gasteiger partial charge in [0.1, 0.15) is 24.7 Å². The van der Waals surface area contributed by atoms with Crippen LogP contribution < -0.4 is 19.1 Å². The van der Waals surface area contributed by atoms with Gasteiger partial charge in [-0.05, 0) is 61.4 Å². The summed E-state index contributed by atoms with van der Waals surface area (Å²) >= 11 is 0. The van der Waals surface area contributed by atoms with E-state index < -0.39 is 15.9 Å². The number of sulfonamides is 1. The van der Waals surface area contributed by atoms with Crippen LogP contribution in [0.3, 0.4) is 0 Å². The van der Waals surface area contributed by atoms with E-state index in [0.29, 0.717) is 17.0 Å². The van der Waals surface area contributed by atoms with Crippen molar-refractivity contribution in [2.24, 2.45) is 0 Å². The Morgan fingerprint density at radius 2 is 1.70 bits per heavy atom. The third-order valence-electron chi connectivity index (χ3n) is 5.49.